The number of rotatable bonds is 5. The van der Waals surface area contributed by atoms with Gasteiger partial charge in [0.05, 0.1) is 10.7 Å². The fourth-order valence-electron chi connectivity index (χ4n) is 1.99. The predicted octanol–water partition coefficient (Wildman–Crippen LogP) is 2.41. The van der Waals surface area contributed by atoms with E-state index in [0.717, 1.165) is 10.1 Å². The Kier molecular flexibility index (Phi) is 4.82. The zero-order valence-corrected chi connectivity index (χ0v) is 14.3. The minimum Gasteiger partial charge on any atom is -0.358 e. The van der Waals surface area contributed by atoms with E-state index < -0.39 is 0 Å². The van der Waals surface area contributed by atoms with Gasteiger partial charge in [-0.2, -0.15) is 5.10 Å². The molecule has 1 atom stereocenters. The molecule has 1 amide bonds. The first-order valence-corrected chi connectivity index (χ1v) is 7.74. The SMILES string of the molecule is CCN(C)C(=O)[C@@H](Nc1ccn2ncc(Br)c2n1)C(C)C. The van der Waals surface area contributed by atoms with Crippen LogP contribution in [-0.2, 0) is 4.79 Å². The monoisotopic (exact) mass is 353 g/mol. The summed E-state index contributed by atoms with van der Waals surface area (Å²) in [7, 11) is 1.81. The maximum absolute atomic E-state index is 12.4. The van der Waals surface area contributed by atoms with Crippen molar-refractivity contribution in [2.75, 3.05) is 18.9 Å². The lowest BCUT2D eigenvalue weighted by Gasteiger charge is -2.26. The molecule has 0 unspecified atom stereocenters. The van der Waals surface area contributed by atoms with Crippen LogP contribution in [0.15, 0.2) is 22.9 Å². The lowest BCUT2D eigenvalue weighted by molar-refractivity contribution is -0.131. The molecular formula is C14H20BrN5O. The summed E-state index contributed by atoms with van der Waals surface area (Å²) in [6.45, 7) is 6.69. The van der Waals surface area contributed by atoms with Gasteiger partial charge in [0.2, 0.25) is 5.91 Å². The third kappa shape index (κ3) is 3.34. The van der Waals surface area contributed by atoms with Crippen LogP contribution in [0.25, 0.3) is 5.65 Å². The van der Waals surface area contributed by atoms with Gasteiger partial charge in [-0.05, 0) is 34.8 Å². The summed E-state index contributed by atoms with van der Waals surface area (Å²) in [6.07, 6.45) is 3.52. The van der Waals surface area contributed by atoms with Crippen LogP contribution < -0.4 is 5.32 Å². The molecule has 0 aromatic carbocycles. The van der Waals surface area contributed by atoms with Crippen LogP contribution in [0.2, 0.25) is 0 Å². The Balaban J connectivity index is 2.26. The number of hydrogen-bond acceptors (Lipinski definition) is 4. The first-order chi connectivity index (χ1) is 9.93. The van der Waals surface area contributed by atoms with Crippen molar-refractivity contribution >= 4 is 33.3 Å². The Bertz CT molecular complexity index is 639. The number of amides is 1. The lowest BCUT2D eigenvalue weighted by Crippen LogP contribution is -2.44. The first kappa shape index (κ1) is 15.8. The van der Waals surface area contributed by atoms with E-state index in [-0.39, 0.29) is 17.9 Å². The Labute approximate surface area is 132 Å². The van der Waals surface area contributed by atoms with Gasteiger partial charge in [-0.25, -0.2) is 9.50 Å². The number of carbonyl (C=O) groups excluding carboxylic acids is 1. The molecule has 0 radical (unpaired) electrons. The van der Waals surface area contributed by atoms with Gasteiger partial charge in [-0.1, -0.05) is 13.8 Å². The number of halogens is 1. The summed E-state index contributed by atoms with van der Waals surface area (Å²) in [5, 5.41) is 7.39. The zero-order valence-electron chi connectivity index (χ0n) is 12.7. The minimum atomic E-state index is -0.299. The summed E-state index contributed by atoms with van der Waals surface area (Å²) >= 11 is 3.41. The van der Waals surface area contributed by atoms with E-state index >= 15 is 0 Å². The molecule has 2 aromatic heterocycles. The van der Waals surface area contributed by atoms with Crippen molar-refractivity contribution in [1.82, 2.24) is 19.5 Å². The normalized spacial score (nSPS) is 12.7. The van der Waals surface area contributed by atoms with Gasteiger partial charge in [-0.3, -0.25) is 4.79 Å². The molecule has 6 nitrogen and oxygen atoms in total. The van der Waals surface area contributed by atoms with Gasteiger partial charge >= 0.3 is 0 Å². The van der Waals surface area contributed by atoms with E-state index in [2.05, 4.69) is 31.3 Å². The minimum absolute atomic E-state index is 0.0711. The summed E-state index contributed by atoms with van der Waals surface area (Å²) < 4.78 is 2.50. The highest BCUT2D eigenvalue weighted by molar-refractivity contribution is 9.10. The smallest absolute Gasteiger partial charge is 0.245 e. The van der Waals surface area contributed by atoms with Crippen LogP contribution >= 0.6 is 15.9 Å². The predicted molar refractivity (Wildman–Crippen MR) is 86.2 cm³/mol. The molecule has 1 N–H and O–H groups in total. The molecule has 21 heavy (non-hydrogen) atoms. The van der Waals surface area contributed by atoms with E-state index in [0.29, 0.717) is 12.4 Å². The molecule has 0 saturated carbocycles. The van der Waals surface area contributed by atoms with Crippen molar-refractivity contribution in [2.45, 2.75) is 26.8 Å². The Morgan fingerprint density at radius 2 is 2.24 bits per heavy atom. The van der Waals surface area contributed by atoms with Gasteiger partial charge in [-0.15, -0.1) is 0 Å². The number of hydrogen-bond donors (Lipinski definition) is 1. The average molecular weight is 354 g/mol. The van der Waals surface area contributed by atoms with E-state index in [1.165, 1.54) is 0 Å². The summed E-state index contributed by atoms with van der Waals surface area (Å²) in [6, 6.07) is 1.52. The van der Waals surface area contributed by atoms with Gasteiger partial charge in [0.25, 0.3) is 0 Å². The Morgan fingerprint density at radius 3 is 2.86 bits per heavy atom. The number of carbonyl (C=O) groups is 1. The molecule has 2 rings (SSSR count). The van der Waals surface area contributed by atoms with Crippen molar-refractivity contribution in [1.29, 1.82) is 0 Å². The first-order valence-electron chi connectivity index (χ1n) is 6.95. The standard InChI is InChI=1S/C14H20BrN5O/c1-5-19(4)14(21)12(9(2)3)17-11-6-7-20-13(18-11)10(15)8-16-20/h6-9,12H,5H2,1-4H3,(H,17,18)/t12-/m0/s1. The second kappa shape index (κ2) is 6.43. The van der Waals surface area contributed by atoms with Crippen LogP contribution in [-0.4, -0.2) is 45.0 Å². The topological polar surface area (TPSA) is 62.5 Å². The van der Waals surface area contributed by atoms with Crippen molar-refractivity contribution < 1.29 is 4.79 Å². The van der Waals surface area contributed by atoms with Crippen molar-refractivity contribution in [3.05, 3.63) is 22.9 Å². The molecule has 0 aliphatic rings. The molecular weight excluding hydrogens is 334 g/mol. The van der Waals surface area contributed by atoms with E-state index in [1.807, 2.05) is 40.1 Å². The molecule has 0 aliphatic heterocycles. The molecule has 0 aliphatic carbocycles. The average Bonchev–Trinajstić information content (AvgIpc) is 2.84. The zero-order chi connectivity index (χ0) is 15.6. The second-order valence-electron chi connectivity index (χ2n) is 5.29. The summed E-state index contributed by atoms with van der Waals surface area (Å²) in [5.74, 6) is 0.903. The van der Waals surface area contributed by atoms with Crippen LogP contribution in [0, 0.1) is 5.92 Å². The van der Waals surface area contributed by atoms with Crippen LogP contribution in [0.4, 0.5) is 5.82 Å². The quantitative estimate of drug-likeness (QED) is 0.896. The van der Waals surface area contributed by atoms with Crippen LogP contribution in [0.1, 0.15) is 20.8 Å². The van der Waals surface area contributed by atoms with Crippen molar-refractivity contribution in [3.8, 4) is 0 Å². The van der Waals surface area contributed by atoms with Crippen LogP contribution in [0.3, 0.4) is 0 Å². The third-order valence-corrected chi connectivity index (χ3v) is 3.97. The number of fused-ring (bicyclic) bond motifs is 1. The van der Waals surface area contributed by atoms with Gasteiger partial charge < -0.3 is 10.2 Å². The molecule has 7 heteroatoms. The van der Waals surface area contributed by atoms with Gasteiger partial charge in [0.1, 0.15) is 11.9 Å². The molecule has 0 saturated heterocycles. The third-order valence-electron chi connectivity index (χ3n) is 3.41. The maximum Gasteiger partial charge on any atom is 0.245 e. The number of likely N-dealkylation sites (N-methyl/N-ethyl adjacent to an activating group) is 1. The van der Waals surface area contributed by atoms with Crippen molar-refractivity contribution in [3.63, 3.8) is 0 Å². The molecule has 0 fully saturated rings. The highest BCUT2D eigenvalue weighted by Crippen LogP contribution is 2.18. The Hall–Kier alpha value is -1.63. The highest BCUT2D eigenvalue weighted by atomic mass is 79.9. The van der Waals surface area contributed by atoms with E-state index in [4.69, 9.17) is 0 Å². The fourth-order valence-corrected chi connectivity index (χ4v) is 2.35. The molecule has 0 bridgehead atoms. The number of anilines is 1. The number of nitrogens with one attached hydrogen (secondary N) is 1. The van der Waals surface area contributed by atoms with Crippen molar-refractivity contribution in [2.24, 2.45) is 5.92 Å². The largest absolute Gasteiger partial charge is 0.358 e. The molecule has 0 spiro atoms. The highest BCUT2D eigenvalue weighted by Gasteiger charge is 2.25. The molecule has 2 aromatic rings. The number of nitrogens with zero attached hydrogens (tertiary/aromatic N) is 4. The summed E-state index contributed by atoms with van der Waals surface area (Å²) in [5.41, 5.74) is 0.721. The molecule has 114 valence electrons. The Morgan fingerprint density at radius 1 is 1.52 bits per heavy atom. The van der Waals surface area contributed by atoms with E-state index in [9.17, 15) is 4.79 Å². The summed E-state index contributed by atoms with van der Waals surface area (Å²) in [4.78, 5) is 18.6. The lowest BCUT2D eigenvalue weighted by atomic mass is 10.0. The van der Waals surface area contributed by atoms with Gasteiger partial charge in [0, 0.05) is 19.8 Å². The second-order valence-corrected chi connectivity index (χ2v) is 6.15. The number of aromatic nitrogens is 3. The molecule has 2 heterocycles. The maximum atomic E-state index is 12.4. The van der Waals surface area contributed by atoms with Crippen LogP contribution in [0.5, 0.6) is 0 Å². The fraction of sp³-hybridized carbons (Fsp3) is 0.500. The van der Waals surface area contributed by atoms with Gasteiger partial charge in [0.15, 0.2) is 5.65 Å². The van der Waals surface area contributed by atoms with E-state index in [1.54, 1.807) is 15.6 Å².